The number of halogens is 1. The van der Waals surface area contributed by atoms with Crippen molar-refractivity contribution in [3.8, 4) is 0 Å². The molecule has 0 amide bonds. The van der Waals surface area contributed by atoms with Gasteiger partial charge in [0.2, 0.25) is 0 Å². The lowest BCUT2D eigenvalue weighted by Crippen LogP contribution is -2.24. The second kappa shape index (κ2) is 5.67. The Morgan fingerprint density at radius 2 is 2.29 bits per heavy atom. The summed E-state index contributed by atoms with van der Waals surface area (Å²) in [5.41, 5.74) is 1.17. The highest BCUT2D eigenvalue weighted by Gasteiger charge is 2.20. The number of aromatic nitrogens is 2. The van der Waals surface area contributed by atoms with E-state index < -0.39 is 0 Å². The number of nitrogens with zero attached hydrogens (tertiary/aromatic N) is 2. The van der Waals surface area contributed by atoms with E-state index in [2.05, 4.69) is 24.3 Å². The second-order valence-electron chi connectivity index (χ2n) is 3.70. The molecule has 0 spiro atoms. The molecule has 17 heavy (non-hydrogen) atoms. The zero-order valence-electron chi connectivity index (χ0n) is 9.98. The Balaban J connectivity index is 2.39. The van der Waals surface area contributed by atoms with E-state index >= 15 is 0 Å². The number of nitrogens with one attached hydrogen (secondary N) is 1. The Morgan fingerprint density at radius 3 is 2.88 bits per heavy atom. The molecule has 0 saturated carbocycles. The summed E-state index contributed by atoms with van der Waals surface area (Å²) in [6.07, 6.45) is 1.84. The molecule has 0 aliphatic rings. The van der Waals surface area contributed by atoms with Crippen LogP contribution in [0, 0.1) is 0 Å². The van der Waals surface area contributed by atoms with Crippen molar-refractivity contribution in [2.75, 3.05) is 6.54 Å². The molecule has 1 unspecified atom stereocenters. The van der Waals surface area contributed by atoms with Gasteiger partial charge in [-0.1, -0.05) is 18.5 Å². The maximum absolute atomic E-state index is 6.22. The predicted octanol–water partition coefficient (Wildman–Crippen LogP) is 3.32. The molecule has 5 heteroatoms. The van der Waals surface area contributed by atoms with Crippen molar-refractivity contribution in [3.05, 3.63) is 39.3 Å². The third kappa shape index (κ3) is 2.54. The fraction of sp³-hybridized carbons (Fsp3) is 0.417. The van der Waals surface area contributed by atoms with Crippen LogP contribution in [0.1, 0.15) is 30.5 Å². The average Bonchev–Trinajstić information content (AvgIpc) is 2.94. The van der Waals surface area contributed by atoms with E-state index in [1.807, 2.05) is 28.4 Å². The molecule has 1 atom stereocenters. The summed E-state index contributed by atoms with van der Waals surface area (Å²) in [6, 6.07) is 4.13. The standard InChI is InChI=1S/C12H16ClN3S/c1-3-14-11(12-9(13)6-8-17-12)10-5-7-15-16(10)4-2/h5-8,11,14H,3-4H2,1-2H3. The highest BCUT2D eigenvalue weighted by atomic mass is 35.5. The van der Waals surface area contributed by atoms with Crippen molar-refractivity contribution < 1.29 is 0 Å². The highest BCUT2D eigenvalue weighted by molar-refractivity contribution is 7.10. The summed E-state index contributed by atoms with van der Waals surface area (Å²) in [4.78, 5) is 1.16. The van der Waals surface area contributed by atoms with Crippen LogP contribution in [-0.4, -0.2) is 16.3 Å². The molecule has 0 aliphatic carbocycles. The second-order valence-corrected chi connectivity index (χ2v) is 5.05. The first-order valence-electron chi connectivity index (χ1n) is 5.75. The SMILES string of the molecule is CCNC(c1sccc1Cl)c1ccnn1CC. The van der Waals surface area contributed by atoms with Gasteiger partial charge < -0.3 is 5.32 Å². The van der Waals surface area contributed by atoms with E-state index in [-0.39, 0.29) is 6.04 Å². The summed E-state index contributed by atoms with van der Waals surface area (Å²) >= 11 is 7.90. The summed E-state index contributed by atoms with van der Waals surface area (Å²) < 4.78 is 2.00. The molecule has 1 N–H and O–H groups in total. The fourth-order valence-corrected chi connectivity index (χ4v) is 3.15. The Morgan fingerprint density at radius 1 is 1.47 bits per heavy atom. The van der Waals surface area contributed by atoms with Crippen molar-refractivity contribution in [2.45, 2.75) is 26.4 Å². The van der Waals surface area contributed by atoms with Gasteiger partial charge in [0.1, 0.15) is 0 Å². The topological polar surface area (TPSA) is 29.9 Å². The van der Waals surface area contributed by atoms with E-state index in [4.69, 9.17) is 11.6 Å². The molecular formula is C12H16ClN3S. The molecule has 0 radical (unpaired) electrons. The number of thiophene rings is 1. The van der Waals surface area contributed by atoms with Crippen molar-refractivity contribution >= 4 is 22.9 Å². The van der Waals surface area contributed by atoms with Crippen LogP contribution in [0.4, 0.5) is 0 Å². The summed E-state index contributed by atoms with van der Waals surface area (Å²) in [5.74, 6) is 0. The predicted molar refractivity (Wildman–Crippen MR) is 72.7 cm³/mol. The molecule has 0 saturated heterocycles. The summed E-state index contributed by atoms with van der Waals surface area (Å²) in [5, 5.41) is 10.6. The van der Waals surface area contributed by atoms with Crippen LogP contribution >= 0.6 is 22.9 Å². The maximum Gasteiger partial charge on any atom is 0.0856 e. The van der Waals surface area contributed by atoms with Gasteiger partial charge in [0.05, 0.1) is 16.8 Å². The summed E-state index contributed by atoms with van der Waals surface area (Å²) in [6.45, 7) is 5.96. The fourth-order valence-electron chi connectivity index (χ4n) is 1.90. The lowest BCUT2D eigenvalue weighted by molar-refractivity contribution is 0.547. The van der Waals surface area contributed by atoms with Crippen molar-refractivity contribution in [3.63, 3.8) is 0 Å². The quantitative estimate of drug-likeness (QED) is 0.902. The van der Waals surface area contributed by atoms with Gasteiger partial charge in [-0.3, -0.25) is 4.68 Å². The van der Waals surface area contributed by atoms with E-state index in [9.17, 15) is 0 Å². The molecular weight excluding hydrogens is 254 g/mol. The van der Waals surface area contributed by atoms with Gasteiger partial charge >= 0.3 is 0 Å². The largest absolute Gasteiger partial charge is 0.305 e. The van der Waals surface area contributed by atoms with Crippen molar-refractivity contribution in [1.29, 1.82) is 0 Å². The maximum atomic E-state index is 6.22. The average molecular weight is 270 g/mol. The lowest BCUT2D eigenvalue weighted by atomic mass is 10.1. The molecule has 2 aromatic rings. The third-order valence-corrected chi connectivity index (χ3v) is 4.08. The van der Waals surface area contributed by atoms with Crippen LogP contribution in [-0.2, 0) is 6.54 Å². The molecule has 2 aromatic heterocycles. The van der Waals surface area contributed by atoms with Crippen LogP contribution in [0.3, 0.4) is 0 Å². The molecule has 0 aromatic carbocycles. The molecule has 92 valence electrons. The van der Waals surface area contributed by atoms with Crippen molar-refractivity contribution in [2.24, 2.45) is 0 Å². The van der Waals surface area contributed by atoms with E-state index in [0.717, 1.165) is 23.0 Å². The van der Waals surface area contributed by atoms with Gasteiger partial charge in [-0.05, 0) is 31.0 Å². The van der Waals surface area contributed by atoms with Crippen molar-refractivity contribution in [1.82, 2.24) is 15.1 Å². The minimum Gasteiger partial charge on any atom is -0.305 e. The number of hydrogen-bond acceptors (Lipinski definition) is 3. The van der Waals surface area contributed by atoms with Gasteiger partial charge in [0.15, 0.2) is 0 Å². The molecule has 0 bridgehead atoms. The van der Waals surface area contributed by atoms with Crippen LogP contribution in [0.5, 0.6) is 0 Å². The molecule has 0 fully saturated rings. The summed E-state index contributed by atoms with van der Waals surface area (Å²) in [7, 11) is 0. The molecule has 2 rings (SSSR count). The minimum absolute atomic E-state index is 0.134. The third-order valence-electron chi connectivity index (χ3n) is 2.66. The van der Waals surface area contributed by atoms with Crippen LogP contribution in [0.15, 0.2) is 23.7 Å². The molecule has 2 heterocycles. The van der Waals surface area contributed by atoms with E-state index in [0.29, 0.717) is 0 Å². The molecule has 0 aliphatic heterocycles. The van der Waals surface area contributed by atoms with Crippen LogP contribution in [0.25, 0.3) is 0 Å². The Kier molecular flexibility index (Phi) is 4.20. The van der Waals surface area contributed by atoms with Gasteiger partial charge in [-0.25, -0.2) is 0 Å². The normalized spacial score (nSPS) is 12.9. The first-order chi connectivity index (χ1) is 8.27. The van der Waals surface area contributed by atoms with E-state index in [1.54, 1.807) is 11.3 Å². The Labute approximate surface area is 110 Å². The van der Waals surface area contributed by atoms with E-state index in [1.165, 1.54) is 5.69 Å². The molecule has 3 nitrogen and oxygen atoms in total. The number of hydrogen-bond donors (Lipinski definition) is 1. The smallest absolute Gasteiger partial charge is 0.0856 e. The van der Waals surface area contributed by atoms with Gasteiger partial charge in [0.25, 0.3) is 0 Å². The highest BCUT2D eigenvalue weighted by Crippen LogP contribution is 2.32. The first kappa shape index (κ1) is 12.6. The monoisotopic (exact) mass is 269 g/mol. The van der Waals surface area contributed by atoms with Crippen LogP contribution < -0.4 is 5.32 Å². The Hall–Kier alpha value is -0.840. The van der Waals surface area contributed by atoms with Gasteiger partial charge in [-0.2, -0.15) is 5.10 Å². The van der Waals surface area contributed by atoms with Gasteiger partial charge in [-0.15, -0.1) is 11.3 Å². The zero-order chi connectivity index (χ0) is 12.3. The minimum atomic E-state index is 0.134. The number of aryl methyl sites for hydroxylation is 1. The lowest BCUT2D eigenvalue weighted by Gasteiger charge is -2.18. The van der Waals surface area contributed by atoms with Gasteiger partial charge in [0, 0.05) is 17.6 Å². The zero-order valence-corrected chi connectivity index (χ0v) is 11.6. The van der Waals surface area contributed by atoms with Crippen LogP contribution in [0.2, 0.25) is 5.02 Å². The number of rotatable bonds is 5. The first-order valence-corrected chi connectivity index (χ1v) is 7.01. The Bertz CT molecular complexity index is 478.